The van der Waals surface area contributed by atoms with E-state index in [1.54, 1.807) is 18.2 Å². The van der Waals surface area contributed by atoms with Crippen LogP contribution in [0.4, 0.5) is 0 Å². The predicted octanol–water partition coefficient (Wildman–Crippen LogP) is 2.38. The lowest BCUT2D eigenvalue weighted by atomic mass is 10.2. The zero-order valence-electron chi connectivity index (χ0n) is 10.5. The molecule has 0 spiro atoms. The van der Waals surface area contributed by atoms with Crippen LogP contribution < -0.4 is 10.5 Å². The van der Waals surface area contributed by atoms with Crippen LogP contribution in [0.1, 0.15) is 24.8 Å². The van der Waals surface area contributed by atoms with E-state index >= 15 is 0 Å². The summed E-state index contributed by atoms with van der Waals surface area (Å²) in [5.41, 5.74) is 6.03. The second-order valence-corrected chi connectivity index (χ2v) is 4.81. The van der Waals surface area contributed by atoms with E-state index in [2.05, 4.69) is 5.16 Å². The molecule has 3 N–H and O–H groups in total. The third-order valence-electron chi connectivity index (χ3n) is 3.06. The normalized spacial score (nSPS) is 19.6. The Balaban J connectivity index is 1.89. The molecule has 104 valence electrons. The number of ether oxygens (including phenoxy) is 2. The van der Waals surface area contributed by atoms with E-state index < -0.39 is 0 Å². The Labute approximate surface area is 116 Å². The van der Waals surface area contributed by atoms with Crippen LogP contribution in [0.25, 0.3) is 0 Å². The van der Waals surface area contributed by atoms with Crippen LogP contribution in [0.2, 0.25) is 5.02 Å². The third-order valence-corrected chi connectivity index (χ3v) is 3.35. The smallest absolute Gasteiger partial charge is 0.170 e. The molecule has 2 rings (SSSR count). The molecule has 0 bridgehead atoms. The van der Waals surface area contributed by atoms with Crippen LogP contribution in [-0.2, 0) is 4.74 Å². The monoisotopic (exact) mass is 284 g/mol. The fraction of sp³-hybridized carbons (Fsp3) is 0.462. The number of rotatable bonds is 5. The van der Waals surface area contributed by atoms with Crippen LogP contribution in [0, 0.1) is 0 Å². The van der Waals surface area contributed by atoms with Crippen molar-refractivity contribution >= 4 is 17.4 Å². The Morgan fingerprint density at radius 2 is 2.42 bits per heavy atom. The summed E-state index contributed by atoms with van der Waals surface area (Å²) in [6, 6.07) is 5.02. The molecule has 1 aliphatic rings. The van der Waals surface area contributed by atoms with Crippen LogP contribution in [0.3, 0.4) is 0 Å². The van der Waals surface area contributed by atoms with Crippen molar-refractivity contribution in [1.82, 2.24) is 0 Å². The number of nitrogens with zero attached hydrogens (tertiary/aromatic N) is 1. The SMILES string of the molecule is NC(=NO)c1ccc(OCCC2CCCO2)c(Cl)c1. The van der Waals surface area contributed by atoms with Gasteiger partial charge in [-0.15, -0.1) is 0 Å². The van der Waals surface area contributed by atoms with Crippen molar-refractivity contribution in [3.8, 4) is 5.75 Å². The Kier molecular flexibility index (Phi) is 4.87. The Hall–Kier alpha value is -1.46. The zero-order chi connectivity index (χ0) is 13.7. The van der Waals surface area contributed by atoms with Gasteiger partial charge in [0.2, 0.25) is 0 Å². The van der Waals surface area contributed by atoms with Crippen molar-refractivity contribution in [2.24, 2.45) is 10.9 Å². The van der Waals surface area contributed by atoms with E-state index in [9.17, 15) is 0 Å². The first-order chi connectivity index (χ1) is 9.20. The average Bonchev–Trinajstić information content (AvgIpc) is 2.93. The van der Waals surface area contributed by atoms with E-state index in [4.69, 9.17) is 32.0 Å². The molecule has 5 nitrogen and oxygen atoms in total. The number of amidine groups is 1. The molecule has 0 amide bonds. The Morgan fingerprint density at radius 1 is 1.58 bits per heavy atom. The third kappa shape index (κ3) is 3.75. The second kappa shape index (κ2) is 6.63. The number of benzene rings is 1. The molecule has 0 aromatic heterocycles. The van der Waals surface area contributed by atoms with Crippen molar-refractivity contribution in [3.05, 3.63) is 28.8 Å². The summed E-state index contributed by atoms with van der Waals surface area (Å²) in [5, 5.41) is 11.9. The Bertz CT molecular complexity index is 459. The molecular weight excluding hydrogens is 268 g/mol. The van der Waals surface area contributed by atoms with Crippen LogP contribution in [0.15, 0.2) is 23.4 Å². The number of hydrogen-bond acceptors (Lipinski definition) is 4. The maximum absolute atomic E-state index is 8.59. The van der Waals surface area contributed by atoms with Gasteiger partial charge in [-0.25, -0.2) is 0 Å². The minimum Gasteiger partial charge on any atom is -0.492 e. The first-order valence-electron chi connectivity index (χ1n) is 6.22. The minimum atomic E-state index is 0.0211. The van der Waals surface area contributed by atoms with Crippen LogP contribution in [-0.4, -0.2) is 30.4 Å². The summed E-state index contributed by atoms with van der Waals surface area (Å²) in [6.07, 6.45) is 3.38. The van der Waals surface area contributed by atoms with Gasteiger partial charge in [-0.05, 0) is 31.0 Å². The highest BCUT2D eigenvalue weighted by atomic mass is 35.5. The topological polar surface area (TPSA) is 77.1 Å². The summed E-state index contributed by atoms with van der Waals surface area (Å²) in [5.74, 6) is 0.613. The summed E-state index contributed by atoms with van der Waals surface area (Å²) in [7, 11) is 0. The fourth-order valence-corrected chi connectivity index (χ4v) is 2.24. The lowest BCUT2D eigenvalue weighted by Crippen LogP contribution is -2.13. The van der Waals surface area contributed by atoms with Gasteiger partial charge >= 0.3 is 0 Å². The molecule has 1 aliphatic heterocycles. The van der Waals surface area contributed by atoms with Gasteiger partial charge < -0.3 is 20.4 Å². The van der Waals surface area contributed by atoms with E-state index in [0.29, 0.717) is 29.0 Å². The molecule has 19 heavy (non-hydrogen) atoms. The predicted molar refractivity (Wildman–Crippen MR) is 73.0 cm³/mol. The Morgan fingerprint density at radius 3 is 3.05 bits per heavy atom. The van der Waals surface area contributed by atoms with Crippen molar-refractivity contribution in [3.63, 3.8) is 0 Å². The van der Waals surface area contributed by atoms with Crippen LogP contribution >= 0.6 is 11.6 Å². The largest absolute Gasteiger partial charge is 0.492 e. The zero-order valence-corrected chi connectivity index (χ0v) is 11.3. The highest BCUT2D eigenvalue weighted by Crippen LogP contribution is 2.26. The van der Waals surface area contributed by atoms with E-state index in [1.165, 1.54) is 0 Å². The van der Waals surface area contributed by atoms with E-state index in [1.807, 2.05) is 0 Å². The molecule has 1 unspecified atom stereocenters. The maximum Gasteiger partial charge on any atom is 0.170 e. The molecule has 1 saturated heterocycles. The van der Waals surface area contributed by atoms with Gasteiger partial charge in [0, 0.05) is 18.6 Å². The van der Waals surface area contributed by atoms with Gasteiger partial charge in [-0.2, -0.15) is 0 Å². The van der Waals surface area contributed by atoms with Gasteiger partial charge in [0.05, 0.1) is 17.7 Å². The van der Waals surface area contributed by atoms with Gasteiger partial charge in [0.15, 0.2) is 5.84 Å². The molecule has 1 aromatic rings. The quantitative estimate of drug-likeness (QED) is 0.377. The molecule has 1 atom stereocenters. The highest BCUT2D eigenvalue weighted by Gasteiger charge is 2.15. The number of oxime groups is 1. The van der Waals surface area contributed by atoms with E-state index in [-0.39, 0.29) is 5.84 Å². The number of halogens is 1. The van der Waals surface area contributed by atoms with Gasteiger partial charge in [-0.1, -0.05) is 16.8 Å². The highest BCUT2D eigenvalue weighted by molar-refractivity contribution is 6.32. The molecule has 1 heterocycles. The first kappa shape index (κ1) is 14.0. The molecule has 0 saturated carbocycles. The number of hydrogen-bond donors (Lipinski definition) is 2. The average molecular weight is 285 g/mol. The summed E-state index contributed by atoms with van der Waals surface area (Å²) in [6.45, 7) is 1.41. The van der Waals surface area contributed by atoms with Gasteiger partial charge in [0.1, 0.15) is 5.75 Å². The molecular formula is C13H17ClN2O3. The lowest BCUT2D eigenvalue weighted by Gasteiger charge is -2.12. The van der Waals surface area contributed by atoms with Gasteiger partial charge in [-0.3, -0.25) is 0 Å². The lowest BCUT2D eigenvalue weighted by molar-refractivity contribution is 0.0904. The minimum absolute atomic E-state index is 0.0211. The first-order valence-corrected chi connectivity index (χ1v) is 6.60. The standard InChI is InChI=1S/C13H17ClN2O3/c14-11-8-9(13(15)16-17)3-4-12(11)19-7-5-10-2-1-6-18-10/h3-4,8,10,17H,1-2,5-7H2,(H2,15,16). The van der Waals surface area contributed by atoms with Crippen molar-refractivity contribution < 1.29 is 14.7 Å². The molecule has 0 radical (unpaired) electrons. The number of nitrogens with two attached hydrogens (primary N) is 1. The fourth-order valence-electron chi connectivity index (χ4n) is 2.01. The van der Waals surface area contributed by atoms with Crippen LogP contribution in [0.5, 0.6) is 5.75 Å². The summed E-state index contributed by atoms with van der Waals surface area (Å²) >= 11 is 6.08. The maximum atomic E-state index is 8.59. The van der Waals surface area contributed by atoms with E-state index in [0.717, 1.165) is 25.9 Å². The van der Waals surface area contributed by atoms with Crippen molar-refractivity contribution in [2.45, 2.75) is 25.4 Å². The summed E-state index contributed by atoms with van der Waals surface area (Å²) < 4.78 is 11.1. The second-order valence-electron chi connectivity index (χ2n) is 4.40. The molecule has 1 fully saturated rings. The van der Waals surface area contributed by atoms with Gasteiger partial charge in [0.25, 0.3) is 0 Å². The van der Waals surface area contributed by atoms with Crippen molar-refractivity contribution in [2.75, 3.05) is 13.2 Å². The summed E-state index contributed by atoms with van der Waals surface area (Å²) in [4.78, 5) is 0. The molecule has 6 heteroatoms. The molecule has 1 aromatic carbocycles. The molecule has 0 aliphatic carbocycles. The van der Waals surface area contributed by atoms with Crippen molar-refractivity contribution in [1.29, 1.82) is 0 Å².